The van der Waals surface area contributed by atoms with Crippen molar-refractivity contribution in [2.24, 2.45) is 5.92 Å². The molecule has 1 aromatic carbocycles. The van der Waals surface area contributed by atoms with Gasteiger partial charge in [-0.25, -0.2) is 4.39 Å². The van der Waals surface area contributed by atoms with Crippen LogP contribution in [0.4, 0.5) is 4.39 Å². The van der Waals surface area contributed by atoms with Gasteiger partial charge in [0.1, 0.15) is 11.6 Å². The van der Waals surface area contributed by atoms with Gasteiger partial charge in [0, 0.05) is 24.3 Å². The first-order chi connectivity index (χ1) is 7.58. The standard InChI is InChI=1S/C13H13FO2/c1-8-2-3-10(7-12(8)14)13(16)9-4-5-11(15)6-9/h2-3,7,9H,4-6H2,1H3. The third kappa shape index (κ3) is 2.03. The van der Waals surface area contributed by atoms with Gasteiger partial charge in [0.2, 0.25) is 0 Å². The number of hydrogen-bond donors (Lipinski definition) is 0. The van der Waals surface area contributed by atoms with E-state index in [-0.39, 0.29) is 23.3 Å². The van der Waals surface area contributed by atoms with Gasteiger partial charge < -0.3 is 0 Å². The lowest BCUT2D eigenvalue weighted by atomic mass is 9.95. The molecule has 84 valence electrons. The Hall–Kier alpha value is -1.51. The van der Waals surface area contributed by atoms with Crippen LogP contribution in [0, 0.1) is 18.7 Å². The molecule has 0 spiro atoms. The molecule has 0 bridgehead atoms. The molecule has 0 heterocycles. The van der Waals surface area contributed by atoms with E-state index < -0.39 is 0 Å². The Balaban J connectivity index is 2.21. The van der Waals surface area contributed by atoms with Crippen LogP contribution in [0.25, 0.3) is 0 Å². The van der Waals surface area contributed by atoms with Crippen molar-refractivity contribution in [3.8, 4) is 0 Å². The molecule has 1 saturated carbocycles. The number of rotatable bonds is 2. The average molecular weight is 220 g/mol. The van der Waals surface area contributed by atoms with Gasteiger partial charge >= 0.3 is 0 Å². The van der Waals surface area contributed by atoms with Crippen molar-refractivity contribution < 1.29 is 14.0 Å². The highest BCUT2D eigenvalue weighted by molar-refractivity contribution is 6.01. The zero-order valence-corrected chi connectivity index (χ0v) is 9.13. The molecule has 1 aliphatic rings. The quantitative estimate of drug-likeness (QED) is 0.718. The highest BCUT2D eigenvalue weighted by Gasteiger charge is 2.28. The fraction of sp³-hybridized carbons (Fsp3) is 0.385. The van der Waals surface area contributed by atoms with Gasteiger partial charge in [-0.1, -0.05) is 12.1 Å². The molecule has 1 aliphatic carbocycles. The number of hydrogen-bond acceptors (Lipinski definition) is 2. The van der Waals surface area contributed by atoms with E-state index in [4.69, 9.17) is 0 Å². The summed E-state index contributed by atoms with van der Waals surface area (Å²) in [5.41, 5.74) is 0.904. The monoisotopic (exact) mass is 220 g/mol. The molecule has 1 unspecified atom stereocenters. The summed E-state index contributed by atoms with van der Waals surface area (Å²) in [6.07, 6.45) is 1.40. The Morgan fingerprint density at radius 2 is 2.19 bits per heavy atom. The van der Waals surface area contributed by atoms with E-state index in [9.17, 15) is 14.0 Å². The molecule has 1 atom stereocenters. The molecule has 3 heteroatoms. The number of carbonyl (C=O) groups excluding carboxylic acids is 2. The minimum absolute atomic E-state index is 0.107. The maximum Gasteiger partial charge on any atom is 0.166 e. The molecule has 2 nitrogen and oxygen atoms in total. The van der Waals surface area contributed by atoms with Crippen LogP contribution in [0.15, 0.2) is 18.2 Å². The van der Waals surface area contributed by atoms with E-state index in [1.165, 1.54) is 6.07 Å². The highest BCUT2D eigenvalue weighted by Crippen LogP contribution is 2.26. The maximum atomic E-state index is 13.3. The van der Waals surface area contributed by atoms with Gasteiger partial charge in [-0.05, 0) is 25.0 Å². The summed E-state index contributed by atoms with van der Waals surface area (Å²) < 4.78 is 13.3. The minimum Gasteiger partial charge on any atom is -0.300 e. The molecule has 16 heavy (non-hydrogen) atoms. The van der Waals surface area contributed by atoms with Crippen LogP contribution in [0.3, 0.4) is 0 Å². The highest BCUT2D eigenvalue weighted by atomic mass is 19.1. The van der Waals surface area contributed by atoms with Gasteiger partial charge in [0.05, 0.1) is 0 Å². The van der Waals surface area contributed by atoms with Crippen molar-refractivity contribution in [2.45, 2.75) is 26.2 Å². The molecule has 1 aromatic rings. The Kier molecular flexibility index (Phi) is 2.86. The Bertz CT molecular complexity index is 451. The SMILES string of the molecule is Cc1ccc(C(=O)C2CCC(=O)C2)cc1F. The van der Waals surface area contributed by atoms with Crippen LogP contribution in [-0.4, -0.2) is 11.6 Å². The van der Waals surface area contributed by atoms with E-state index in [1.807, 2.05) is 0 Å². The van der Waals surface area contributed by atoms with Crippen molar-refractivity contribution in [1.82, 2.24) is 0 Å². The number of ketones is 2. The second kappa shape index (κ2) is 4.16. The Labute approximate surface area is 93.5 Å². The van der Waals surface area contributed by atoms with Crippen molar-refractivity contribution in [2.75, 3.05) is 0 Å². The van der Waals surface area contributed by atoms with Gasteiger partial charge in [0.25, 0.3) is 0 Å². The summed E-state index contributed by atoms with van der Waals surface area (Å²) in [4.78, 5) is 23.0. The lowest BCUT2D eigenvalue weighted by Gasteiger charge is -2.07. The lowest BCUT2D eigenvalue weighted by molar-refractivity contribution is -0.117. The molecular formula is C13H13FO2. The number of carbonyl (C=O) groups is 2. The van der Waals surface area contributed by atoms with Crippen molar-refractivity contribution in [3.05, 3.63) is 35.1 Å². The first-order valence-corrected chi connectivity index (χ1v) is 5.40. The van der Waals surface area contributed by atoms with Crippen LogP contribution < -0.4 is 0 Å². The minimum atomic E-state index is -0.366. The van der Waals surface area contributed by atoms with Crippen LogP contribution >= 0.6 is 0 Å². The molecule has 2 rings (SSSR count). The van der Waals surface area contributed by atoms with Crippen LogP contribution in [0.1, 0.15) is 35.2 Å². The smallest absolute Gasteiger partial charge is 0.166 e. The normalized spacial score (nSPS) is 20.1. The summed E-state index contributed by atoms with van der Waals surface area (Å²) >= 11 is 0. The van der Waals surface area contributed by atoms with Crippen molar-refractivity contribution in [1.29, 1.82) is 0 Å². The third-order valence-electron chi connectivity index (χ3n) is 3.07. The summed E-state index contributed by atoms with van der Waals surface area (Å²) in [6, 6.07) is 4.49. The molecular weight excluding hydrogens is 207 g/mol. The summed E-state index contributed by atoms with van der Waals surface area (Å²) in [6.45, 7) is 1.66. The lowest BCUT2D eigenvalue weighted by Crippen LogP contribution is -2.12. The van der Waals surface area contributed by atoms with Gasteiger partial charge in [0.15, 0.2) is 5.78 Å². The van der Waals surface area contributed by atoms with Gasteiger partial charge in [-0.15, -0.1) is 0 Å². The second-order valence-corrected chi connectivity index (χ2v) is 4.31. The molecule has 0 N–H and O–H groups in total. The largest absolute Gasteiger partial charge is 0.300 e. The molecule has 0 saturated heterocycles. The summed E-state index contributed by atoms with van der Waals surface area (Å²) in [7, 11) is 0. The van der Waals surface area contributed by atoms with Gasteiger partial charge in [-0.3, -0.25) is 9.59 Å². The van der Waals surface area contributed by atoms with Crippen LogP contribution in [-0.2, 0) is 4.79 Å². The number of halogens is 1. The topological polar surface area (TPSA) is 34.1 Å². The first-order valence-electron chi connectivity index (χ1n) is 5.40. The second-order valence-electron chi connectivity index (χ2n) is 4.31. The van der Waals surface area contributed by atoms with Crippen LogP contribution in [0.5, 0.6) is 0 Å². The molecule has 0 radical (unpaired) electrons. The average Bonchev–Trinajstić information content (AvgIpc) is 2.68. The molecule has 1 fully saturated rings. The predicted octanol–water partition coefficient (Wildman–Crippen LogP) is 2.69. The number of Topliss-reactive ketones (excluding diaryl/α,β-unsaturated/α-hetero) is 2. The van der Waals surface area contributed by atoms with Gasteiger partial charge in [-0.2, -0.15) is 0 Å². The first kappa shape index (κ1) is 11.0. The number of benzene rings is 1. The van der Waals surface area contributed by atoms with E-state index >= 15 is 0 Å². The van der Waals surface area contributed by atoms with E-state index in [2.05, 4.69) is 0 Å². The zero-order valence-electron chi connectivity index (χ0n) is 9.13. The summed E-state index contributed by atoms with van der Waals surface area (Å²) in [5, 5.41) is 0. The van der Waals surface area contributed by atoms with E-state index in [1.54, 1.807) is 19.1 Å². The number of aryl methyl sites for hydroxylation is 1. The zero-order chi connectivity index (χ0) is 11.7. The Morgan fingerprint density at radius 3 is 2.75 bits per heavy atom. The van der Waals surface area contributed by atoms with Crippen molar-refractivity contribution >= 4 is 11.6 Å². The fourth-order valence-electron chi connectivity index (χ4n) is 2.02. The van der Waals surface area contributed by atoms with Crippen molar-refractivity contribution in [3.63, 3.8) is 0 Å². The van der Waals surface area contributed by atoms with E-state index in [0.29, 0.717) is 30.4 Å². The maximum absolute atomic E-state index is 13.3. The third-order valence-corrected chi connectivity index (χ3v) is 3.07. The molecule has 0 amide bonds. The van der Waals surface area contributed by atoms with E-state index in [0.717, 1.165) is 0 Å². The molecule has 0 aromatic heterocycles. The van der Waals surface area contributed by atoms with Crippen LogP contribution in [0.2, 0.25) is 0 Å². The Morgan fingerprint density at radius 1 is 1.44 bits per heavy atom. The molecule has 0 aliphatic heterocycles. The predicted molar refractivity (Wildman–Crippen MR) is 57.8 cm³/mol. The summed E-state index contributed by atoms with van der Waals surface area (Å²) in [5.74, 6) is -0.583. The fourth-order valence-corrected chi connectivity index (χ4v) is 2.02.